The molecule has 0 aliphatic rings. The molecule has 2 rings (SSSR count). The van der Waals surface area contributed by atoms with Crippen molar-refractivity contribution in [1.82, 2.24) is 5.43 Å². The standard InChI is InChI=1S/C20H23N3O5/c1-3-11-27-18-8-5-15(6-9-18)20(24)22-21-14-16-13-17(23(25)26)7-10-19(16)28-12-4-2/h5-10,13-14H,3-4,11-12H2,1-2H3,(H,22,24)/b21-14+. The fraction of sp³-hybridized carbons (Fsp3) is 0.300. The van der Waals surface area contributed by atoms with Crippen molar-refractivity contribution >= 4 is 17.8 Å². The Morgan fingerprint density at radius 2 is 1.79 bits per heavy atom. The highest BCUT2D eigenvalue weighted by Crippen LogP contribution is 2.23. The Morgan fingerprint density at radius 3 is 2.43 bits per heavy atom. The first kappa shape index (κ1) is 20.9. The molecule has 1 N–H and O–H groups in total. The lowest BCUT2D eigenvalue weighted by Crippen LogP contribution is -2.17. The van der Waals surface area contributed by atoms with Gasteiger partial charge in [0, 0.05) is 23.3 Å². The zero-order chi connectivity index (χ0) is 20.4. The highest BCUT2D eigenvalue weighted by atomic mass is 16.6. The van der Waals surface area contributed by atoms with E-state index >= 15 is 0 Å². The molecule has 8 nitrogen and oxygen atoms in total. The number of ether oxygens (including phenoxy) is 2. The van der Waals surface area contributed by atoms with Crippen LogP contribution in [-0.2, 0) is 0 Å². The van der Waals surface area contributed by atoms with Crippen molar-refractivity contribution in [2.45, 2.75) is 26.7 Å². The lowest BCUT2D eigenvalue weighted by molar-refractivity contribution is -0.384. The molecule has 0 aromatic heterocycles. The van der Waals surface area contributed by atoms with E-state index in [-0.39, 0.29) is 5.69 Å². The molecule has 0 radical (unpaired) electrons. The van der Waals surface area contributed by atoms with Gasteiger partial charge in [0.15, 0.2) is 0 Å². The maximum absolute atomic E-state index is 12.2. The summed E-state index contributed by atoms with van der Waals surface area (Å²) in [6.45, 7) is 5.05. The highest BCUT2D eigenvalue weighted by molar-refractivity contribution is 5.95. The molecule has 0 atom stereocenters. The van der Waals surface area contributed by atoms with E-state index in [1.54, 1.807) is 24.3 Å². The van der Waals surface area contributed by atoms with Gasteiger partial charge in [0.2, 0.25) is 0 Å². The van der Waals surface area contributed by atoms with Crippen LogP contribution < -0.4 is 14.9 Å². The molecule has 0 fully saturated rings. The molecule has 0 bridgehead atoms. The number of nitrogens with one attached hydrogen (secondary N) is 1. The maximum Gasteiger partial charge on any atom is 0.271 e. The van der Waals surface area contributed by atoms with Gasteiger partial charge in [-0.15, -0.1) is 0 Å². The normalized spacial score (nSPS) is 10.6. The van der Waals surface area contributed by atoms with Crippen molar-refractivity contribution in [2.75, 3.05) is 13.2 Å². The van der Waals surface area contributed by atoms with Crippen molar-refractivity contribution < 1.29 is 19.2 Å². The van der Waals surface area contributed by atoms with Crippen LogP contribution in [0.2, 0.25) is 0 Å². The van der Waals surface area contributed by atoms with E-state index < -0.39 is 10.8 Å². The van der Waals surface area contributed by atoms with Gasteiger partial charge in [-0.05, 0) is 43.2 Å². The number of benzene rings is 2. The van der Waals surface area contributed by atoms with Crippen molar-refractivity contribution in [2.24, 2.45) is 5.10 Å². The second-order valence-corrected chi connectivity index (χ2v) is 5.90. The fourth-order valence-electron chi connectivity index (χ4n) is 2.24. The minimum Gasteiger partial charge on any atom is -0.494 e. The van der Waals surface area contributed by atoms with Crippen LogP contribution in [0, 0.1) is 10.1 Å². The molecule has 0 unspecified atom stereocenters. The summed E-state index contributed by atoms with van der Waals surface area (Å²) in [6.07, 6.45) is 3.02. The molecule has 28 heavy (non-hydrogen) atoms. The first-order valence-corrected chi connectivity index (χ1v) is 9.02. The van der Waals surface area contributed by atoms with Crippen molar-refractivity contribution in [1.29, 1.82) is 0 Å². The molecule has 0 saturated carbocycles. The topological polar surface area (TPSA) is 103 Å². The fourth-order valence-corrected chi connectivity index (χ4v) is 2.24. The Bertz CT molecular complexity index is 834. The molecule has 1 amide bonds. The van der Waals surface area contributed by atoms with Gasteiger partial charge in [-0.25, -0.2) is 5.43 Å². The van der Waals surface area contributed by atoms with E-state index in [0.717, 1.165) is 12.8 Å². The Labute approximate surface area is 163 Å². The van der Waals surface area contributed by atoms with E-state index in [4.69, 9.17) is 9.47 Å². The third-order valence-corrected chi connectivity index (χ3v) is 3.62. The second-order valence-electron chi connectivity index (χ2n) is 5.90. The number of nitro benzene ring substituents is 1. The van der Waals surface area contributed by atoms with E-state index in [1.165, 1.54) is 24.4 Å². The van der Waals surface area contributed by atoms with Crippen LogP contribution in [0.3, 0.4) is 0 Å². The molecule has 0 aliphatic carbocycles. The van der Waals surface area contributed by atoms with Crippen molar-refractivity contribution in [3.05, 3.63) is 63.7 Å². The minimum absolute atomic E-state index is 0.0840. The summed E-state index contributed by atoms with van der Waals surface area (Å²) < 4.78 is 11.0. The molecule has 0 spiro atoms. The molecule has 148 valence electrons. The quantitative estimate of drug-likeness (QED) is 0.379. The summed E-state index contributed by atoms with van der Waals surface area (Å²) in [5.41, 5.74) is 3.15. The molecular weight excluding hydrogens is 362 g/mol. The summed E-state index contributed by atoms with van der Waals surface area (Å²) in [5, 5.41) is 14.9. The summed E-state index contributed by atoms with van der Waals surface area (Å²) in [5.74, 6) is 0.749. The van der Waals surface area contributed by atoms with Crippen LogP contribution in [0.1, 0.15) is 42.6 Å². The van der Waals surface area contributed by atoms with Crippen LogP contribution in [0.15, 0.2) is 47.6 Å². The van der Waals surface area contributed by atoms with Crippen LogP contribution >= 0.6 is 0 Å². The van der Waals surface area contributed by atoms with Crippen LogP contribution in [0.25, 0.3) is 0 Å². The summed E-state index contributed by atoms with van der Waals surface area (Å²) >= 11 is 0. The molecular formula is C20H23N3O5. The number of non-ortho nitro benzene ring substituents is 1. The third kappa shape index (κ3) is 6.08. The van der Waals surface area contributed by atoms with E-state index in [1.807, 2.05) is 13.8 Å². The summed E-state index contributed by atoms with van der Waals surface area (Å²) in [4.78, 5) is 22.7. The zero-order valence-electron chi connectivity index (χ0n) is 15.9. The SMILES string of the molecule is CCCOc1ccc(C(=O)N/N=C/c2cc([N+](=O)[O-])ccc2OCCC)cc1. The number of carbonyl (C=O) groups excluding carboxylic acids is 1. The van der Waals surface area contributed by atoms with Gasteiger partial charge in [-0.1, -0.05) is 13.8 Å². The smallest absolute Gasteiger partial charge is 0.271 e. The van der Waals surface area contributed by atoms with Gasteiger partial charge < -0.3 is 9.47 Å². The summed E-state index contributed by atoms with van der Waals surface area (Å²) in [7, 11) is 0. The van der Waals surface area contributed by atoms with Crippen molar-refractivity contribution in [3.63, 3.8) is 0 Å². The first-order chi connectivity index (χ1) is 13.5. The average Bonchev–Trinajstić information content (AvgIpc) is 2.71. The number of nitro groups is 1. The number of hydrogen-bond acceptors (Lipinski definition) is 6. The van der Waals surface area contributed by atoms with Gasteiger partial charge >= 0.3 is 0 Å². The highest BCUT2D eigenvalue weighted by Gasteiger charge is 2.11. The number of carbonyl (C=O) groups is 1. The maximum atomic E-state index is 12.2. The predicted octanol–water partition coefficient (Wildman–Crippen LogP) is 3.94. The second kappa shape index (κ2) is 10.7. The number of hydrogen-bond donors (Lipinski definition) is 1. The van der Waals surface area contributed by atoms with Crippen LogP contribution in [0.5, 0.6) is 11.5 Å². The predicted molar refractivity (Wildman–Crippen MR) is 106 cm³/mol. The molecule has 2 aromatic rings. The van der Waals surface area contributed by atoms with Gasteiger partial charge in [0.25, 0.3) is 11.6 Å². The van der Waals surface area contributed by atoms with Crippen LogP contribution in [0.4, 0.5) is 5.69 Å². The lowest BCUT2D eigenvalue weighted by Gasteiger charge is -2.08. The van der Waals surface area contributed by atoms with Crippen molar-refractivity contribution in [3.8, 4) is 11.5 Å². The van der Waals surface area contributed by atoms with E-state index in [0.29, 0.717) is 35.8 Å². The zero-order valence-corrected chi connectivity index (χ0v) is 15.9. The Morgan fingerprint density at radius 1 is 1.11 bits per heavy atom. The summed E-state index contributed by atoms with van der Waals surface area (Å²) in [6, 6.07) is 10.9. The largest absolute Gasteiger partial charge is 0.494 e. The number of rotatable bonds is 10. The Kier molecular flexibility index (Phi) is 7.95. The number of amides is 1. The average molecular weight is 385 g/mol. The number of hydrazone groups is 1. The molecule has 2 aromatic carbocycles. The van der Waals surface area contributed by atoms with Gasteiger partial charge in [-0.2, -0.15) is 5.10 Å². The van der Waals surface area contributed by atoms with Gasteiger partial charge in [-0.3, -0.25) is 14.9 Å². The molecule has 0 saturated heterocycles. The number of nitrogens with zero attached hydrogens (tertiary/aromatic N) is 2. The lowest BCUT2D eigenvalue weighted by atomic mass is 10.2. The minimum atomic E-state index is -0.498. The third-order valence-electron chi connectivity index (χ3n) is 3.62. The first-order valence-electron chi connectivity index (χ1n) is 9.02. The van der Waals surface area contributed by atoms with Crippen LogP contribution in [-0.4, -0.2) is 30.3 Å². The van der Waals surface area contributed by atoms with E-state index in [9.17, 15) is 14.9 Å². The van der Waals surface area contributed by atoms with Gasteiger partial charge in [0.1, 0.15) is 11.5 Å². The molecule has 8 heteroatoms. The molecule has 0 aliphatic heterocycles. The Hall–Kier alpha value is -3.42. The Balaban J connectivity index is 2.06. The van der Waals surface area contributed by atoms with Gasteiger partial charge in [0.05, 0.1) is 24.4 Å². The van der Waals surface area contributed by atoms with E-state index in [2.05, 4.69) is 10.5 Å². The monoisotopic (exact) mass is 385 g/mol. The molecule has 0 heterocycles.